The monoisotopic (exact) mass is 366 g/mol. The van der Waals surface area contributed by atoms with Gasteiger partial charge in [0.05, 0.1) is 12.1 Å². The van der Waals surface area contributed by atoms with E-state index in [-0.39, 0.29) is 24.7 Å². The van der Waals surface area contributed by atoms with E-state index in [9.17, 15) is 9.59 Å². The Labute approximate surface area is 155 Å². The van der Waals surface area contributed by atoms with E-state index in [4.69, 9.17) is 5.11 Å². The molecule has 1 atom stereocenters. The molecule has 1 unspecified atom stereocenters. The van der Waals surface area contributed by atoms with Crippen molar-refractivity contribution in [2.75, 3.05) is 5.32 Å². The average Bonchev–Trinajstić information content (AvgIpc) is 3.10. The van der Waals surface area contributed by atoms with Crippen LogP contribution < -0.4 is 5.32 Å². The van der Waals surface area contributed by atoms with Gasteiger partial charge in [-0.1, -0.05) is 60.7 Å². The molecule has 26 heavy (non-hydrogen) atoms. The second kappa shape index (κ2) is 8.40. The minimum absolute atomic E-state index is 0.0927. The molecule has 0 bridgehead atoms. The first-order valence-corrected chi connectivity index (χ1v) is 9.07. The molecule has 3 aromatic rings. The number of carbonyl (C=O) groups is 2. The predicted octanol–water partition coefficient (Wildman–Crippen LogP) is 4.40. The van der Waals surface area contributed by atoms with Crippen LogP contribution in [0.15, 0.2) is 66.0 Å². The quantitative estimate of drug-likeness (QED) is 0.650. The fraction of sp³-hybridized carbons (Fsp3) is 0.150. The maximum Gasteiger partial charge on any atom is 0.303 e. The van der Waals surface area contributed by atoms with Gasteiger partial charge in [0.25, 0.3) is 0 Å². The van der Waals surface area contributed by atoms with E-state index in [1.807, 2.05) is 66.0 Å². The summed E-state index contributed by atoms with van der Waals surface area (Å²) in [6.45, 7) is 0. The zero-order chi connectivity index (χ0) is 18.4. The van der Waals surface area contributed by atoms with E-state index in [0.29, 0.717) is 5.13 Å². The first-order chi connectivity index (χ1) is 12.6. The van der Waals surface area contributed by atoms with Gasteiger partial charge in [0.15, 0.2) is 5.13 Å². The number of hydrogen-bond donors (Lipinski definition) is 2. The molecule has 1 aromatic heterocycles. The van der Waals surface area contributed by atoms with E-state index in [1.165, 1.54) is 11.3 Å². The summed E-state index contributed by atoms with van der Waals surface area (Å²) in [6, 6.07) is 19.0. The summed E-state index contributed by atoms with van der Waals surface area (Å²) >= 11 is 1.35. The fourth-order valence-corrected chi connectivity index (χ4v) is 3.45. The normalized spacial score (nSPS) is 11.7. The Morgan fingerprint density at radius 2 is 1.65 bits per heavy atom. The smallest absolute Gasteiger partial charge is 0.303 e. The molecule has 5 nitrogen and oxygen atoms in total. The molecule has 0 fully saturated rings. The fourth-order valence-electron chi connectivity index (χ4n) is 2.71. The van der Waals surface area contributed by atoms with Crippen LogP contribution in [0.1, 0.15) is 24.3 Å². The van der Waals surface area contributed by atoms with Crippen LogP contribution in [0.4, 0.5) is 5.13 Å². The van der Waals surface area contributed by atoms with E-state index >= 15 is 0 Å². The van der Waals surface area contributed by atoms with Crippen molar-refractivity contribution in [3.63, 3.8) is 0 Å². The minimum Gasteiger partial charge on any atom is -0.481 e. The molecular formula is C20H18N2O3S. The lowest BCUT2D eigenvalue weighted by Crippen LogP contribution is -2.17. The van der Waals surface area contributed by atoms with Crippen molar-refractivity contribution in [3.8, 4) is 11.3 Å². The molecule has 0 aliphatic rings. The Kier molecular flexibility index (Phi) is 5.76. The number of carbonyl (C=O) groups excluding carboxylic acids is 1. The van der Waals surface area contributed by atoms with Gasteiger partial charge in [-0.3, -0.25) is 9.59 Å². The van der Waals surface area contributed by atoms with Gasteiger partial charge < -0.3 is 10.4 Å². The maximum atomic E-state index is 12.4. The van der Waals surface area contributed by atoms with Crippen LogP contribution in [-0.2, 0) is 9.59 Å². The molecule has 1 heterocycles. The standard InChI is InChI=1S/C20H18N2O3S/c23-18(11-16(12-19(24)25)14-7-3-1-4-8-14)22-20-21-17(13-26-20)15-9-5-2-6-10-15/h1-10,13,16H,11-12H2,(H,24,25)(H,21,22,23). The highest BCUT2D eigenvalue weighted by molar-refractivity contribution is 7.14. The van der Waals surface area contributed by atoms with E-state index in [0.717, 1.165) is 16.8 Å². The van der Waals surface area contributed by atoms with Crippen LogP contribution in [0.5, 0.6) is 0 Å². The number of anilines is 1. The van der Waals surface area contributed by atoms with Gasteiger partial charge in [-0.2, -0.15) is 0 Å². The number of amides is 1. The lowest BCUT2D eigenvalue weighted by molar-refractivity contribution is -0.137. The molecule has 0 spiro atoms. The van der Waals surface area contributed by atoms with E-state index in [2.05, 4.69) is 10.3 Å². The molecule has 0 saturated carbocycles. The van der Waals surface area contributed by atoms with Crippen LogP contribution in [0.25, 0.3) is 11.3 Å². The van der Waals surface area contributed by atoms with Crippen LogP contribution in [-0.4, -0.2) is 22.0 Å². The number of aromatic nitrogens is 1. The van der Waals surface area contributed by atoms with Crippen LogP contribution in [0, 0.1) is 0 Å². The Hall–Kier alpha value is -2.99. The van der Waals surface area contributed by atoms with Gasteiger partial charge in [-0.05, 0) is 5.56 Å². The third-order valence-electron chi connectivity index (χ3n) is 3.94. The zero-order valence-electron chi connectivity index (χ0n) is 14.0. The molecule has 0 aliphatic carbocycles. The summed E-state index contributed by atoms with van der Waals surface area (Å²) in [6.07, 6.45) is 0.00112. The third kappa shape index (κ3) is 4.77. The molecular weight excluding hydrogens is 348 g/mol. The van der Waals surface area contributed by atoms with Gasteiger partial charge in [0.2, 0.25) is 5.91 Å². The highest BCUT2D eigenvalue weighted by atomic mass is 32.1. The molecule has 0 saturated heterocycles. The van der Waals surface area contributed by atoms with Crippen LogP contribution >= 0.6 is 11.3 Å². The molecule has 3 rings (SSSR count). The summed E-state index contributed by atoms with van der Waals surface area (Å²) in [5.41, 5.74) is 2.63. The van der Waals surface area contributed by atoms with Crippen molar-refractivity contribution in [3.05, 3.63) is 71.6 Å². The lowest BCUT2D eigenvalue weighted by atomic mass is 9.92. The molecule has 1 amide bonds. The molecule has 0 radical (unpaired) electrons. The minimum atomic E-state index is -0.924. The highest BCUT2D eigenvalue weighted by Gasteiger charge is 2.20. The highest BCUT2D eigenvalue weighted by Crippen LogP contribution is 2.27. The topological polar surface area (TPSA) is 79.3 Å². The Morgan fingerprint density at radius 3 is 2.31 bits per heavy atom. The number of nitrogens with zero attached hydrogens (tertiary/aromatic N) is 1. The Morgan fingerprint density at radius 1 is 1.00 bits per heavy atom. The average molecular weight is 366 g/mol. The maximum absolute atomic E-state index is 12.4. The summed E-state index contributed by atoms with van der Waals surface area (Å²) in [4.78, 5) is 28.0. The number of carboxylic acid groups (broad SMARTS) is 1. The Bertz CT molecular complexity index is 878. The largest absolute Gasteiger partial charge is 0.481 e. The van der Waals surface area contributed by atoms with Gasteiger partial charge in [0, 0.05) is 23.3 Å². The molecule has 2 aromatic carbocycles. The number of thiazole rings is 1. The molecule has 0 aliphatic heterocycles. The lowest BCUT2D eigenvalue weighted by Gasteiger charge is -2.14. The number of hydrogen-bond acceptors (Lipinski definition) is 4. The van der Waals surface area contributed by atoms with Crippen molar-refractivity contribution in [1.29, 1.82) is 0 Å². The van der Waals surface area contributed by atoms with Gasteiger partial charge in [0.1, 0.15) is 0 Å². The van der Waals surface area contributed by atoms with Crippen LogP contribution in [0.2, 0.25) is 0 Å². The second-order valence-corrected chi connectivity index (χ2v) is 6.72. The first-order valence-electron chi connectivity index (χ1n) is 8.19. The third-order valence-corrected chi connectivity index (χ3v) is 4.70. The Balaban J connectivity index is 1.67. The number of carboxylic acids is 1. The van der Waals surface area contributed by atoms with Crippen molar-refractivity contribution < 1.29 is 14.7 Å². The van der Waals surface area contributed by atoms with E-state index < -0.39 is 5.97 Å². The zero-order valence-corrected chi connectivity index (χ0v) is 14.8. The van der Waals surface area contributed by atoms with Gasteiger partial charge >= 0.3 is 5.97 Å². The summed E-state index contributed by atoms with van der Waals surface area (Å²) in [5.74, 6) is -1.54. The summed E-state index contributed by atoms with van der Waals surface area (Å²) in [5, 5.41) is 14.3. The molecule has 6 heteroatoms. The predicted molar refractivity (Wildman–Crippen MR) is 102 cm³/mol. The number of benzene rings is 2. The SMILES string of the molecule is O=C(O)CC(CC(=O)Nc1nc(-c2ccccc2)cs1)c1ccccc1. The van der Waals surface area contributed by atoms with Crippen molar-refractivity contribution in [1.82, 2.24) is 4.98 Å². The first kappa shape index (κ1) is 17.8. The van der Waals surface area contributed by atoms with Gasteiger partial charge in [-0.25, -0.2) is 4.98 Å². The van der Waals surface area contributed by atoms with Crippen molar-refractivity contribution >= 4 is 28.3 Å². The number of nitrogens with one attached hydrogen (secondary N) is 1. The van der Waals surface area contributed by atoms with Crippen molar-refractivity contribution in [2.24, 2.45) is 0 Å². The summed E-state index contributed by atoms with van der Waals surface area (Å²) < 4.78 is 0. The number of rotatable bonds is 7. The van der Waals surface area contributed by atoms with Crippen molar-refractivity contribution in [2.45, 2.75) is 18.8 Å². The molecule has 132 valence electrons. The van der Waals surface area contributed by atoms with Gasteiger partial charge in [-0.15, -0.1) is 11.3 Å². The summed E-state index contributed by atoms with van der Waals surface area (Å²) in [7, 11) is 0. The van der Waals surface area contributed by atoms with E-state index in [1.54, 1.807) is 0 Å². The number of aliphatic carboxylic acids is 1. The molecule has 2 N–H and O–H groups in total. The second-order valence-electron chi connectivity index (χ2n) is 5.86. The van der Waals surface area contributed by atoms with Crippen LogP contribution in [0.3, 0.4) is 0 Å².